The highest BCUT2D eigenvalue weighted by Crippen LogP contribution is 2.08. The smallest absolute Gasteiger partial charge is 0.240 e. The van der Waals surface area contributed by atoms with Crippen LogP contribution >= 0.6 is 22.6 Å². The number of nitrogens with zero attached hydrogens (tertiary/aromatic N) is 1. The molecule has 1 aromatic rings. The fourth-order valence-corrected chi connectivity index (χ4v) is 1.70. The molecule has 0 atom stereocenters. The van der Waals surface area contributed by atoms with Gasteiger partial charge >= 0.3 is 0 Å². The number of rotatable bonds is 4. The molecule has 1 rings (SSSR count). The topological polar surface area (TPSA) is 41.5 Å². The molecule has 0 heterocycles. The summed E-state index contributed by atoms with van der Waals surface area (Å²) in [6.45, 7) is 4.01. The highest BCUT2D eigenvalue weighted by atomic mass is 127. The molecule has 3 nitrogen and oxygen atoms in total. The molecule has 0 fully saturated rings. The Hall–Kier alpha value is -0.910. The molecule has 0 aliphatic heterocycles. The minimum Gasteiger partial charge on any atom is -0.273 e. The van der Waals surface area contributed by atoms with E-state index < -0.39 is 0 Å². The first kappa shape index (κ1) is 13.2. The van der Waals surface area contributed by atoms with Crippen LogP contribution in [0.5, 0.6) is 0 Å². The summed E-state index contributed by atoms with van der Waals surface area (Å²) >= 11 is 2.23. The molecule has 16 heavy (non-hydrogen) atoms. The van der Waals surface area contributed by atoms with Gasteiger partial charge in [-0.15, -0.1) is 0 Å². The third-order valence-corrected chi connectivity index (χ3v) is 2.87. The summed E-state index contributed by atoms with van der Waals surface area (Å²) < 4.78 is 1.11. The standard InChI is InChI=1S/C12H15IN2O/c1-9(2)7-12(16)15-14-8-10-5-3-4-6-11(10)13/h3-6,8-9H,7H2,1-2H3,(H,15,16). The molecular weight excluding hydrogens is 315 g/mol. The SMILES string of the molecule is CC(C)CC(=O)NN=Cc1ccccc1I. The maximum Gasteiger partial charge on any atom is 0.240 e. The van der Waals surface area contributed by atoms with E-state index in [2.05, 4.69) is 33.1 Å². The van der Waals surface area contributed by atoms with Gasteiger partial charge in [0.2, 0.25) is 5.91 Å². The summed E-state index contributed by atoms with van der Waals surface area (Å²) in [5, 5.41) is 3.93. The first-order valence-electron chi connectivity index (χ1n) is 5.16. The van der Waals surface area contributed by atoms with Gasteiger partial charge in [-0.3, -0.25) is 4.79 Å². The first-order chi connectivity index (χ1) is 7.59. The molecular formula is C12H15IN2O. The number of benzene rings is 1. The number of carbonyl (C=O) groups excluding carboxylic acids is 1. The normalized spacial score (nSPS) is 11.0. The van der Waals surface area contributed by atoms with E-state index in [1.807, 2.05) is 38.1 Å². The number of nitrogens with one attached hydrogen (secondary N) is 1. The third-order valence-electron chi connectivity index (χ3n) is 1.89. The number of hydrogen-bond donors (Lipinski definition) is 1. The molecule has 1 amide bonds. The molecule has 0 aliphatic rings. The van der Waals surface area contributed by atoms with Crippen LogP contribution in [0, 0.1) is 9.49 Å². The average Bonchev–Trinajstić information content (AvgIpc) is 2.19. The molecule has 0 radical (unpaired) electrons. The number of hydrazone groups is 1. The Morgan fingerprint density at radius 3 is 2.81 bits per heavy atom. The van der Waals surface area contributed by atoms with E-state index >= 15 is 0 Å². The quantitative estimate of drug-likeness (QED) is 0.515. The van der Waals surface area contributed by atoms with Gasteiger partial charge in [-0.2, -0.15) is 5.10 Å². The number of hydrogen-bond acceptors (Lipinski definition) is 2. The maximum atomic E-state index is 11.3. The molecule has 0 spiro atoms. The molecule has 1 aromatic carbocycles. The minimum absolute atomic E-state index is 0.0443. The molecule has 1 N–H and O–H groups in total. The third kappa shape index (κ3) is 4.74. The van der Waals surface area contributed by atoms with E-state index in [-0.39, 0.29) is 5.91 Å². The van der Waals surface area contributed by atoms with Gasteiger partial charge in [0.25, 0.3) is 0 Å². The average molecular weight is 330 g/mol. The van der Waals surface area contributed by atoms with Crippen LogP contribution in [0.2, 0.25) is 0 Å². The van der Waals surface area contributed by atoms with Crippen molar-refractivity contribution in [3.8, 4) is 0 Å². The number of halogens is 1. The van der Waals surface area contributed by atoms with Crippen LogP contribution in [0.4, 0.5) is 0 Å². The second-order valence-electron chi connectivity index (χ2n) is 3.91. The van der Waals surface area contributed by atoms with E-state index in [0.717, 1.165) is 9.13 Å². The Balaban J connectivity index is 2.49. The highest BCUT2D eigenvalue weighted by Gasteiger charge is 2.02. The van der Waals surface area contributed by atoms with Crippen molar-refractivity contribution >= 4 is 34.7 Å². The summed E-state index contributed by atoms with van der Waals surface area (Å²) in [6.07, 6.45) is 2.17. The Morgan fingerprint density at radius 2 is 2.19 bits per heavy atom. The van der Waals surface area contributed by atoms with Gasteiger partial charge in [-0.1, -0.05) is 32.0 Å². The lowest BCUT2D eigenvalue weighted by Gasteiger charge is -2.02. The van der Waals surface area contributed by atoms with Crippen LogP contribution in [0.15, 0.2) is 29.4 Å². The molecule has 0 aliphatic carbocycles. The van der Waals surface area contributed by atoms with Crippen molar-refractivity contribution in [3.63, 3.8) is 0 Å². The molecule has 0 unspecified atom stereocenters. The number of amides is 1. The zero-order valence-electron chi connectivity index (χ0n) is 9.40. The van der Waals surface area contributed by atoms with Crippen molar-refractivity contribution in [1.29, 1.82) is 0 Å². The second kappa shape index (κ2) is 6.62. The molecule has 4 heteroatoms. The Morgan fingerprint density at radius 1 is 1.50 bits per heavy atom. The predicted molar refractivity (Wildman–Crippen MR) is 74.4 cm³/mol. The van der Waals surface area contributed by atoms with Crippen LogP contribution in [-0.2, 0) is 4.79 Å². The first-order valence-corrected chi connectivity index (χ1v) is 6.24. The van der Waals surface area contributed by atoms with E-state index in [9.17, 15) is 4.79 Å². The lowest BCUT2D eigenvalue weighted by molar-refractivity contribution is -0.121. The summed E-state index contributed by atoms with van der Waals surface area (Å²) in [4.78, 5) is 11.3. The van der Waals surface area contributed by atoms with Gasteiger partial charge in [0.1, 0.15) is 0 Å². The van der Waals surface area contributed by atoms with E-state index in [0.29, 0.717) is 12.3 Å². The fraction of sp³-hybridized carbons (Fsp3) is 0.333. The van der Waals surface area contributed by atoms with Crippen molar-refractivity contribution in [1.82, 2.24) is 5.43 Å². The van der Waals surface area contributed by atoms with Crippen LogP contribution in [0.1, 0.15) is 25.8 Å². The lowest BCUT2D eigenvalue weighted by atomic mass is 10.1. The van der Waals surface area contributed by atoms with Crippen LogP contribution in [0.25, 0.3) is 0 Å². The van der Waals surface area contributed by atoms with E-state index in [4.69, 9.17) is 0 Å². The van der Waals surface area contributed by atoms with Gasteiger partial charge in [-0.25, -0.2) is 5.43 Å². The second-order valence-corrected chi connectivity index (χ2v) is 5.07. The van der Waals surface area contributed by atoms with Crippen molar-refractivity contribution < 1.29 is 4.79 Å². The van der Waals surface area contributed by atoms with Crippen molar-refractivity contribution in [2.24, 2.45) is 11.0 Å². The van der Waals surface area contributed by atoms with Gasteiger partial charge in [0.05, 0.1) is 6.21 Å². The van der Waals surface area contributed by atoms with Gasteiger partial charge in [0.15, 0.2) is 0 Å². The number of carbonyl (C=O) groups is 1. The Bertz CT molecular complexity index is 388. The van der Waals surface area contributed by atoms with Crippen LogP contribution in [-0.4, -0.2) is 12.1 Å². The molecule has 0 saturated heterocycles. The van der Waals surface area contributed by atoms with Gasteiger partial charge < -0.3 is 0 Å². The van der Waals surface area contributed by atoms with E-state index in [1.165, 1.54) is 0 Å². The highest BCUT2D eigenvalue weighted by molar-refractivity contribution is 14.1. The fourth-order valence-electron chi connectivity index (χ4n) is 1.17. The largest absolute Gasteiger partial charge is 0.273 e. The summed E-state index contributed by atoms with van der Waals surface area (Å²) in [7, 11) is 0. The molecule has 0 saturated carbocycles. The van der Waals surface area contributed by atoms with Crippen molar-refractivity contribution in [3.05, 3.63) is 33.4 Å². The van der Waals surface area contributed by atoms with Crippen molar-refractivity contribution in [2.75, 3.05) is 0 Å². The Labute approximate surface area is 109 Å². The monoisotopic (exact) mass is 330 g/mol. The minimum atomic E-state index is -0.0443. The summed E-state index contributed by atoms with van der Waals surface area (Å²) in [6, 6.07) is 7.87. The van der Waals surface area contributed by atoms with Gasteiger partial charge in [-0.05, 0) is 34.6 Å². The summed E-state index contributed by atoms with van der Waals surface area (Å²) in [5.74, 6) is 0.309. The van der Waals surface area contributed by atoms with Crippen LogP contribution < -0.4 is 5.43 Å². The van der Waals surface area contributed by atoms with Gasteiger partial charge in [0, 0.05) is 15.6 Å². The maximum absolute atomic E-state index is 11.3. The Kier molecular flexibility index (Phi) is 5.45. The zero-order chi connectivity index (χ0) is 12.0. The van der Waals surface area contributed by atoms with E-state index in [1.54, 1.807) is 6.21 Å². The molecule has 86 valence electrons. The van der Waals surface area contributed by atoms with Crippen molar-refractivity contribution in [2.45, 2.75) is 20.3 Å². The summed E-state index contributed by atoms with van der Waals surface area (Å²) in [5.41, 5.74) is 3.52. The molecule has 0 aromatic heterocycles. The predicted octanol–water partition coefficient (Wildman–Crippen LogP) is 2.79. The zero-order valence-corrected chi connectivity index (χ0v) is 11.6. The lowest BCUT2D eigenvalue weighted by Crippen LogP contribution is -2.19. The van der Waals surface area contributed by atoms with Crippen LogP contribution in [0.3, 0.4) is 0 Å². The molecule has 0 bridgehead atoms.